The van der Waals surface area contributed by atoms with E-state index in [1.807, 2.05) is 0 Å². The second-order valence-electron chi connectivity index (χ2n) is 4.40. The summed E-state index contributed by atoms with van der Waals surface area (Å²) in [6.07, 6.45) is 3.28. The smallest absolute Gasteiger partial charge is 0.0695 e. The van der Waals surface area contributed by atoms with Crippen molar-refractivity contribution in [2.24, 2.45) is 5.92 Å². The van der Waals surface area contributed by atoms with E-state index in [-0.39, 0.29) is 6.10 Å². The first kappa shape index (κ1) is 10.0. The summed E-state index contributed by atoms with van der Waals surface area (Å²) in [6, 6.07) is 0.424. The SMILES string of the molecule is CC(C)CN(C)[C@H]1CCC[C@H]1O. The van der Waals surface area contributed by atoms with E-state index < -0.39 is 0 Å². The van der Waals surface area contributed by atoms with Crippen LogP contribution in [0.3, 0.4) is 0 Å². The van der Waals surface area contributed by atoms with E-state index in [2.05, 4.69) is 25.8 Å². The zero-order valence-corrected chi connectivity index (χ0v) is 8.45. The van der Waals surface area contributed by atoms with Gasteiger partial charge in [0.1, 0.15) is 0 Å². The summed E-state index contributed by atoms with van der Waals surface area (Å²) < 4.78 is 0. The third-order valence-corrected chi connectivity index (χ3v) is 2.66. The zero-order chi connectivity index (χ0) is 9.14. The molecule has 0 aromatic rings. The first-order valence-electron chi connectivity index (χ1n) is 4.99. The highest BCUT2D eigenvalue weighted by Crippen LogP contribution is 2.23. The van der Waals surface area contributed by atoms with E-state index in [9.17, 15) is 5.11 Å². The first-order chi connectivity index (χ1) is 5.61. The minimum absolute atomic E-state index is 0.0752. The average molecular weight is 171 g/mol. The maximum Gasteiger partial charge on any atom is 0.0695 e. The molecule has 1 aliphatic rings. The second-order valence-corrected chi connectivity index (χ2v) is 4.40. The Labute approximate surface area is 75.6 Å². The van der Waals surface area contributed by atoms with Crippen molar-refractivity contribution in [3.8, 4) is 0 Å². The molecule has 0 spiro atoms. The molecule has 12 heavy (non-hydrogen) atoms. The van der Waals surface area contributed by atoms with Crippen LogP contribution >= 0.6 is 0 Å². The van der Waals surface area contributed by atoms with Crippen LogP contribution in [-0.4, -0.2) is 35.7 Å². The highest BCUT2D eigenvalue weighted by Gasteiger charge is 2.28. The molecule has 2 heteroatoms. The van der Waals surface area contributed by atoms with E-state index in [0.29, 0.717) is 12.0 Å². The van der Waals surface area contributed by atoms with Crippen molar-refractivity contribution in [2.75, 3.05) is 13.6 Å². The number of likely N-dealkylation sites (N-methyl/N-ethyl adjacent to an activating group) is 1. The predicted octanol–water partition coefficient (Wildman–Crippen LogP) is 1.49. The Morgan fingerprint density at radius 3 is 2.50 bits per heavy atom. The van der Waals surface area contributed by atoms with Crippen molar-refractivity contribution < 1.29 is 5.11 Å². The molecular weight excluding hydrogens is 150 g/mol. The molecule has 0 aromatic heterocycles. The minimum atomic E-state index is -0.0752. The van der Waals surface area contributed by atoms with Crippen molar-refractivity contribution in [1.29, 1.82) is 0 Å². The summed E-state index contributed by atoms with van der Waals surface area (Å²) in [7, 11) is 2.12. The predicted molar refractivity (Wildman–Crippen MR) is 51.1 cm³/mol. The van der Waals surface area contributed by atoms with Crippen LogP contribution in [0.4, 0.5) is 0 Å². The fourth-order valence-electron chi connectivity index (χ4n) is 2.15. The molecule has 0 bridgehead atoms. The average Bonchev–Trinajstić information content (AvgIpc) is 2.33. The number of aliphatic hydroxyl groups is 1. The standard InChI is InChI=1S/C10H21NO/c1-8(2)7-11(3)9-5-4-6-10(9)12/h8-10,12H,4-7H2,1-3H3/t9-,10+/m0/s1. The lowest BCUT2D eigenvalue weighted by Crippen LogP contribution is -2.39. The highest BCUT2D eigenvalue weighted by atomic mass is 16.3. The Morgan fingerprint density at radius 1 is 1.42 bits per heavy atom. The summed E-state index contributed by atoms with van der Waals surface area (Å²) in [5.74, 6) is 0.697. The summed E-state index contributed by atoms with van der Waals surface area (Å²) in [5, 5.41) is 9.63. The van der Waals surface area contributed by atoms with E-state index in [4.69, 9.17) is 0 Å². The Balaban J connectivity index is 2.35. The number of hydrogen-bond donors (Lipinski definition) is 1. The van der Waals surface area contributed by atoms with Crippen LogP contribution in [0.1, 0.15) is 33.1 Å². The van der Waals surface area contributed by atoms with Crippen LogP contribution in [0, 0.1) is 5.92 Å². The molecule has 72 valence electrons. The lowest BCUT2D eigenvalue weighted by Gasteiger charge is -2.28. The quantitative estimate of drug-likeness (QED) is 0.695. The van der Waals surface area contributed by atoms with Gasteiger partial charge in [0.25, 0.3) is 0 Å². The molecule has 1 N–H and O–H groups in total. The fourth-order valence-corrected chi connectivity index (χ4v) is 2.15. The van der Waals surface area contributed by atoms with E-state index in [0.717, 1.165) is 13.0 Å². The normalized spacial score (nSPS) is 30.5. The Kier molecular flexibility index (Phi) is 3.53. The molecule has 0 heterocycles. The van der Waals surface area contributed by atoms with Gasteiger partial charge in [0.2, 0.25) is 0 Å². The Hall–Kier alpha value is -0.0800. The van der Waals surface area contributed by atoms with E-state index in [1.54, 1.807) is 0 Å². The van der Waals surface area contributed by atoms with Crippen LogP contribution in [0.2, 0.25) is 0 Å². The van der Waals surface area contributed by atoms with Crippen molar-refractivity contribution in [2.45, 2.75) is 45.3 Å². The van der Waals surface area contributed by atoms with Crippen molar-refractivity contribution in [1.82, 2.24) is 4.90 Å². The van der Waals surface area contributed by atoms with Gasteiger partial charge < -0.3 is 10.0 Å². The maximum atomic E-state index is 9.63. The molecule has 2 atom stereocenters. The molecule has 0 saturated heterocycles. The van der Waals surface area contributed by atoms with Crippen molar-refractivity contribution in [3.63, 3.8) is 0 Å². The summed E-state index contributed by atoms with van der Waals surface area (Å²) in [5.41, 5.74) is 0. The first-order valence-corrected chi connectivity index (χ1v) is 4.99. The van der Waals surface area contributed by atoms with Crippen molar-refractivity contribution in [3.05, 3.63) is 0 Å². The van der Waals surface area contributed by atoms with E-state index in [1.165, 1.54) is 12.8 Å². The number of nitrogens with zero attached hydrogens (tertiary/aromatic N) is 1. The van der Waals surface area contributed by atoms with Gasteiger partial charge in [-0.3, -0.25) is 0 Å². The Morgan fingerprint density at radius 2 is 2.08 bits per heavy atom. The maximum absolute atomic E-state index is 9.63. The van der Waals surface area contributed by atoms with Gasteiger partial charge in [0.15, 0.2) is 0 Å². The molecule has 0 unspecified atom stereocenters. The largest absolute Gasteiger partial charge is 0.391 e. The Bertz CT molecular complexity index is 136. The van der Waals surface area contributed by atoms with Gasteiger partial charge in [-0.25, -0.2) is 0 Å². The van der Waals surface area contributed by atoms with Gasteiger partial charge >= 0.3 is 0 Å². The monoisotopic (exact) mass is 171 g/mol. The number of hydrogen-bond acceptors (Lipinski definition) is 2. The summed E-state index contributed by atoms with van der Waals surface area (Å²) >= 11 is 0. The molecule has 0 aliphatic heterocycles. The fraction of sp³-hybridized carbons (Fsp3) is 1.00. The number of aliphatic hydroxyl groups excluding tert-OH is 1. The topological polar surface area (TPSA) is 23.5 Å². The van der Waals surface area contributed by atoms with Crippen LogP contribution in [0.5, 0.6) is 0 Å². The highest BCUT2D eigenvalue weighted by molar-refractivity contribution is 4.83. The molecule has 1 saturated carbocycles. The van der Waals surface area contributed by atoms with Crippen LogP contribution in [-0.2, 0) is 0 Å². The molecular formula is C10H21NO. The molecule has 1 fully saturated rings. The molecule has 2 nitrogen and oxygen atoms in total. The van der Waals surface area contributed by atoms with Gasteiger partial charge in [-0.05, 0) is 32.2 Å². The van der Waals surface area contributed by atoms with Gasteiger partial charge in [0, 0.05) is 12.6 Å². The van der Waals surface area contributed by atoms with Crippen LogP contribution < -0.4 is 0 Å². The second kappa shape index (κ2) is 4.24. The van der Waals surface area contributed by atoms with Gasteiger partial charge in [-0.2, -0.15) is 0 Å². The lowest BCUT2D eigenvalue weighted by molar-refractivity contribution is 0.0801. The van der Waals surface area contributed by atoms with Crippen LogP contribution in [0.15, 0.2) is 0 Å². The number of rotatable bonds is 3. The molecule has 0 amide bonds. The molecule has 1 aliphatic carbocycles. The molecule has 0 radical (unpaired) electrons. The summed E-state index contributed by atoms with van der Waals surface area (Å²) in [4.78, 5) is 2.31. The molecule has 1 rings (SSSR count). The summed E-state index contributed by atoms with van der Waals surface area (Å²) in [6.45, 7) is 5.54. The zero-order valence-electron chi connectivity index (χ0n) is 8.45. The third kappa shape index (κ3) is 2.46. The third-order valence-electron chi connectivity index (χ3n) is 2.66. The van der Waals surface area contributed by atoms with Gasteiger partial charge in [-0.15, -0.1) is 0 Å². The van der Waals surface area contributed by atoms with E-state index >= 15 is 0 Å². The van der Waals surface area contributed by atoms with Crippen molar-refractivity contribution >= 4 is 0 Å². The minimum Gasteiger partial charge on any atom is -0.391 e. The van der Waals surface area contributed by atoms with Gasteiger partial charge in [0.05, 0.1) is 6.10 Å². The molecule has 0 aromatic carbocycles. The van der Waals surface area contributed by atoms with Gasteiger partial charge in [-0.1, -0.05) is 13.8 Å². The lowest BCUT2D eigenvalue weighted by atomic mass is 10.1. The van der Waals surface area contributed by atoms with Crippen LogP contribution in [0.25, 0.3) is 0 Å².